The number of thiocarbonyl (C=S) groups is 1. The summed E-state index contributed by atoms with van der Waals surface area (Å²) in [6.45, 7) is 2.00. The first kappa shape index (κ1) is 16.8. The van der Waals surface area contributed by atoms with Crippen LogP contribution in [0.4, 0.5) is 5.69 Å². The van der Waals surface area contributed by atoms with Crippen molar-refractivity contribution in [1.29, 1.82) is 0 Å². The van der Waals surface area contributed by atoms with Gasteiger partial charge in [0.25, 0.3) is 0 Å². The van der Waals surface area contributed by atoms with Crippen molar-refractivity contribution >= 4 is 40.7 Å². The molecule has 1 atom stereocenters. The Kier molecular flexibility index (Phi) is 7.40. The van der Waals surface area contributed by atoms with Crippen LogP contribution in [0.1, 0.15) is 12.0 Å². The third-order valence-electron chi connectivity index (χ3n) is 2.79. The number of hydrogen-bond acceptors (Lipinski definition) is 4. The summed E-state index contributed by atoms with van der Waals surface area (Å²) in [7, 11) is 1.38. The molecule has 0 saturated heterocycles. The van der Waals surface area contributed by atoms with Crippen molar-refractivity contribution in [2.75, 3.05) is 24.4 Å². The predicted octanol–water partition coefficient (Wildman–Crippen LogP) is 2.58. The van der Waals surface area contributed by atoms with E-state index in [1.807, 2.05) is 37.4 Å². The van der Waals surface area contributed by atoms with Gasteiger partial charge >= 0.3 is 5.97 Å². The fourth-order valence-electron chi connectivity index (χ4n) is 1.66. The first-order valence-corrected chi connectivity index (χ1v) is 8.08. The van der Waals surface area contributed by atoms with Gasteiger partial charge in [-0.3, -0.25) is 0 Å². The zero-order valence-corrected chi connectivity index (χ0v) is 13.6. The summed E-state index contributed by atoms with van der Waals surface area (Å²) in [6, 6.07) is 7.42. The van der Waals surface area contributed by atoms with Crippen molar-refractivity contribution < 1.29 is 9.53 Å². The highest BCUT2D eigenvalue weighted by Crippen LogP contribution is 2.13. The van der Waals surface area contributed by atoms with Gasteiger partial charge in [0.1, 0.15) is 6.04 Å². The van der Waals surface area contributed by atoms with Crippen molar-refractivity contribution in [3.63, 3.8) is 0 Å². The molecule has 0 fully saturated rings. The minimum Gasteiger partial charge on any atom is -0.467 e. The number of methoxy groups -OCH3 is 1. The second-order valence-corrected chi connectivity index (χ2v) is 5.66. The summed E-state index contributed by atoms with van der Waals surface area (Å²) < 4.78 is 4.79. The maximum Gasteiger partial charge on any atom is 0.328 e. The number of aryl methyl sites for hydroxylation is 1. The van der Waals surface area contributed by atoms with Crippen LogP contribution in [0.5, 0.6) is 0 Å². The molecule has 0 aromatic heterocycles. The van der Waals surface area contributed by atoms with E-state index in [0.29, 0.717) is 11.5 Å². The molecule has 0 amide bonds. The lowest BCUT2D eigenvalue weighted by Gasteiger charge is -2.19. The fourth-order valence-corrected chi connectivity index (χ4v) is 2.38. The highest BCUT2D eigenvalue weighted by molar-refractivity contribution is 7.98. The molecule has 2 N–H and O–H groups in total. The van der Waals surface area contributed by atoms with Gasteiger partial charge in [0, 0.05) is 5.69 Å². The number of para-hydroxylation sites is 1. The molecule has 1 rings (SSSR count). The SMILES string of the molecule is COC(=O)[C@H](CCSC)NC(=S)Nc1ccccc1C. The van der Waals surface area contributed by atoms with E-state index in [2.05, 4.69) is 10.6 Å². The summed E-state index contributed by atoms with van der Waals surface area (Å²) >= 11 is 6.93. The van der Waals surface area contributed by atoms with Gasteiger partial charge in [-0.2, -0.15) is 11.8 Å². The average molecular weight is 312 g/mol. The zero-order chi connectivity index (χ0) is 15.0. The summed E-state index contributed by atoms with van der Waals surface area (Å²) in [5, 5.41) is 6.54. The molecule has 1 aromatic rings. The van der Waals surface area contributed by atoms with E-state index < -0.39 is 6.04 Å². The minimum absolute atomic E-state index is 0.298. The molecule has 20 heavy (non-hydrogen) atoms. The zero-order valence-electron chi connectivity index (χ0n) is 11.9. The van der Waals surface area contributed by atoms with Crippen molar-refractivity contribution in [3.05, 3.63) is 29.8 Å². The lowest BCUT2D eigenvalue weighted by atomic mass is 10.2. The summed E-state index contributed by atoms with van der Waals surface area (Å²) in [6.07, 6.45) is 2.67. The molecule has 110 valence electrons. The van der Waals surface area contributed by atoms with Crippen molar-refractivity contribution in [2.45, 2.75) is 19.4 Å². The van der Waals surface area contributed by atoms with Gasteiger partial charge in [-0.15, -0.1) is 0 Å². The minimum atomic E-state index is -0.420. The number of hydrogen-bond donors (Lipinski definition) is 2. The van der Waals surface area contributed by atoms with Gasteiger partial charge in [0.2, 0.25) is 0 Å². The van der Waals surface area contributed by atoms with Gasteiger partial charge < -0.3 is 15.4 Å². The van der Waals surface area contributed by atoms with Crippen LogP contribution >= 0.6 is 24.0 Å². The third-order valence-corrected chi connectivity index (χ3v) is 3.66. The number of benzene rings is 1. The Bertz CT molecular complexity index is 466. The van der Waals surface area contributed by atoms with E-state index >= 15 is 0 Å². The molecular formula is C14H20N2O2S2. The smallest absolute Gasteiger partial charge is 0.328 e. The Morgan fingerprint density at radius 3 is 2.75 bits per heavy atom. The van der Waals surface area contributed by atoms with E-state index in [4.69, 9.17) is 17.0 Å². The molecular weight excluding hydrogens is 292 g/mol. The van der Waals surface area contributed by atoms with Crippen LogP contribution in [0.3, 0.4) is 0 Å². The van der Waals surface area contributed by atoms with E-state index in [1.165, 1.54) is 7.11 Å². The second-order valence-electron chi connectivity index (χ2n) is 4.27. The molecule has 1 aromatic carbocycles. The van der Waals surface area contributed by atoms with Crippen LogP contribution in [0.25, 0.3) is 0 Å². The Balaban J connectivity index is 2.61. The standard InChI is InChI=1S/C14H20N2O2S2/c1-10-6-4-5-7-11(10)15-14(19)16-12(8-9-20-3)13(17)18-2/h4-7,12H,8-9H2,1-3H3,(H2,15,16,19)/t12-/m0/s1. The van der Waals surface area contributed by atoms with Crippen LogP contribution in [0.15, 0.2) is 24.3 Å². The Hall–Kier alpha value is -1.27. The Morgan fingerprint density at radius 1 is 1.45 bits per heavy atom. The lowest BCUT2D eigenvalue weighted by Crippen LogP contribution is -2.43. The van der Waals surface area contributed by atoms with Crippen molar-refractivity contribution in [2.24, 2.45) is 0 Å². The molecule has 0 aliphatic rings. The van der Waals surface area contributed by atoms with Crippen LogP contribution in [0.2, 0.25) is 0 Å². The maximum atomic E-state index is 11.7. The molecule has 0 unspecified atom stereocenters. The van der Waals surface area contributed by atoms with Crippen LogP contribution in [-0.4, -0.2) is 36.2 Å². The second kappa shape index (κ2) is 8.81. The number of carbonyl (C=O) groups excluding carboxylic acids is 1. The van der Waals surface area contributed by atoms with Gasteiger partial charge in [0.15, 0.2) is 5.11 Å². The van der Waals surface area contributed by atoms with Gasteiger partial charge in [-0.25, -0.2) is 4.79 Å². The number of carbonyl (C=O) groups is 1. The lowest BCUT2D eigenvalue weighted by molar-refractivity contribution is -0.142. The fraction of sp³-hybridized carbons (Fsp3) is 0.429. The molecule has 0 bridgehead atoms. The first-order chi connectivity index (χ1) is 9.58. The Morgan fingerprint density at radius 2 is 2.15 bits per heavy atom. The number of nitrogens with one attached hydrogen (secondary N) is 2. The topological polar surface area (TPSA) is 50.4 Å². The van der Waals surface area contributed by atoms with E-state index in [-0.39, 0.29) is 5.97 Å². The molecule has 0 aliphatic heterocycles. The molecule has 0 radical (unpaired) electrons. The monoisotopic (exact) mass is 312 g/mol. The van der Waals surface area contributed by atoms with E-state index in [9.17, 15) is 4.79 Å². The molecule has 6 heteroatoms. The summed E-state index contributed by atoms with van der Waals surface area (Å²) in [4.78, 5) is 11.7. The van der Waals surface area contributed by atoms with Crippen LogP contribution in [-0.2, 0) is 9.53 Å². The molecule has 0 heterocycles. The first-order valence-electron chi connectivity index (χ1n) is 6.28. The molecule has 4 nitrogen and oxygen atoms in total. The highest BCUT2D eigenvalue weighted by Gasteiger charge is 2.19. The van der Waals surface area contributed by atoms with Gasteiger partial charge in [-0.05, 0) is 49.2 Å². The highest BCUT2D eigenvalue weighted by atomic mass is 32.2. The van der Waals surface area contributed by atoms with Gasteiger partial charge in [0.05, 0.1) is 7.11 Å². The Labute approximate surface area is 129 Å². The van der Waals surface area contributed by atoms with Crippen LogP contribution in [0, 0.1) is 6.92 Å². The number of anilines is 1. The van der Waals surface area contributed by atoms with Crippen molar-refractivity contribution in [3.8, 4) is 0 Å². The maximum absolute atomic E-state index is 11.7. The number of ether oxygens (including phenoxy) is 1. The summed E-state index contributed by atoms with van der Waals surface area (Å²) in [5.74, 6) is 0.563. The van der Waals surface area contributed by atoms with Crippen molar-refractivity contribution in [1.82, 2.24) is 5.32 Å². The van der Waals surface area contributed by atoms with Gasteiger partial charge in [-0.1, -0.05) is 18.2 Å². The number of esters is 1. The third kappa shape index (κ3) is 5.38. The largest absolute Gasteiger partial charge is 0.467 e. The van der Waals surface area contributed by atoms with E-state index in [0.717, 1.165) is 17.0 Å². The molecule has 0 aliphatic carbocycles. The summed E-state index contributed by atoms with van der Waals surface area (Å²) in [5.41, 5.74) is 2.02. The predicted molar refractivity (Wildman–Crippen MR) is 89.3 cm³/mol. The normalized spacial score (nSPS) is 11.6. The quantitative estimate of drug-likeness (QED) is 0.622. The number of rotatable bonds is 6. The number of thioether (sulfide) groups is 1. The van der Waals surface area contributed by atoms with Crippen LogP contribution < -0.4 is 10.6 Å². The average Bonchev–Trinajstić information content (AvgIpc) is 2.45. The van der Waals surface area contributed by atoms with E-state index in [1.54, 1.807) is 11.8 Å². The molecule has 0 spiro atoms. The molecule has 0 saturated carbocycles.